The van der Waals surface area contributed by atoms with Crippen molar-refractivity contribution in [2.24, 2.45) is 0 Å². The summed E-state index contributed by atoms with van der Waals surface area (Å²) in [5.74, 6) is 1.52. The van der Waals surface area contributed by atoms with E-state index in [1.54, 1.807) is 11.3 Å². The van der Waals surface area contributed by atoms with Gasteiger partial charge in [-0.3, -0.25) is 4.90 Å². The van der Waals surface area contributed by atoms with Crippen LogP contribution in [0.1, 0.15) is 48.4 Å². The van der Waals surface area contributed by atoms with E-state index in [4.69, 9.17) is 10.7 Å². The van der Waals surface area contributed by atoms with Crippen molar-refractivity contribution in [3.63, 3.8) is 0 Å². The minimum atomic E-state index is 0.642. The Hall–Kier alpha value is -1.20. The highest BCUT2D eigenvalue weighted by Crippen LogP contribution is 2.32. The highest BCUT2D eigenvalue weighted by Gasteiger charge is 2.15. The molecule has 0 amide bonds. The van der Waals surface area contributed by atoms with Crippen molar-refractivity contribution < 1.29 is 0 Å². The van der Waals surface area contributed by atoms with Crippen LogP contribution in [0.2, 0.25) is 0 Å². The Morgan fingerprint density at radius 2 is 1.71 bits per heavy atom. The van der Waals surface area contributed by atoms with E-state index in [9.17, 15) is 0 Å². The zero-order valence-electron chi connectivity index (χ0n) is 13.0. The largest absolute Gasteiger partial charge is 0.383 e. The van der Waals surface area contributed by atoms with E-state index in [1.807, 2.05) is 0 Å². The van der Waals surface area contributed by atoms with Crippen molar-refractivity contribution in [2.75, 3.05) is 18.8 Å². The van der Waals surface area contributed by atoms with Crippen LogP contribution in [0.5, 0.6) is 0 Å². The topological polar surface area (TPSA) is 55.0 Å². The first-order chi connectivity index (χ1) is 10.1. The van der Waals surface area contributed by atoms with Crippen molar-refractivity contribution in [1.29, 1.82) is 0 Å². The molecule has 0 radical (unpaired) electrons. The van der Waals surface area contributed by atoms with Crippen LogP contribution >= 0.6 is 11.3 Å². The Kier molecular flexibility index (Phi) is 4.40. The highest BCUT2D eigenvalue weighted by molar-refractivity contribution is 7.18. The number of rotatable bonds is 2. The van der Waals surface area contributed by atoms with Gasteiger partial charge in [-0.1, -0.05) is 19.3 Å². The molecular weight excluding hydrogens is 280 g/mol. The molecule has 1 aliphatic rings. The molecule has 2 aromatic rings. The molecule has 21 heavy (non-hydrogen) atoms. The summed E-state index contributed by atoms with van der Waals surface area (Å²) < 4.78 is 0. The smallest absolute Gasteiger partial charge is 0.146 e. The molecule has 2 aromatic heterocycles. The molecule has 0 aliphatic carbocycles. The molecule has 0 saturated carbocycles. The SMILES string of the molecule is Cc1sc2nc(CN3CCCCCCC3)nc(N)c2c1C. The lowest BCUT2D eigenvalue weighted by Gasteiger charge is -2.23. The quantitative estimate of drug-likeness (QED) is 0.920. The van der Waals surface area contributed by atoms with Gasteiger partial charge in [0.25, 0.3) is 0 Å². The third-order valence-electron chi connectivity index (χ3n) is 4.42. The lowest BCUT2D eigenvalue weighted by molar-refractivity contribution is 0.235. The van der Waals surface area contributed by atoms with Crippen LogP contribution in [0.15, 0.2) is 0 Å². The van der Waals surface area contributed by atoms with E-state index in [0.717, 1.165) is 35.7 Å². The molecule has 5 heteroatoms. The van der Waals surface area contributed by atoms with Gasteiger partial charge in [0.05, 0.1) is 11.9 Å². The fraction of sp³-hybridized carbons (Fsp3) is 0.625. The maximum Gasteiger partial charge on any atom is 0.146 e. The Morgan fingerprint density at radius 3 is 2.43 bits per heavy atom. The number of thiophene rings is 1. The number of nitrogens with zero attached hydrogens (tertiary/aromatic N) is 3. The summed E-state index contributed by atoms with van der Waals surface area (Å²) in [6.45, 7) is 7.37. The number of hydrogen-bond donors (Lipinski definition) is 1. The van der Waals surface area contributed by atoms with Gasteiger partial charge in [0.2, 0.25) is 0 Å². The molecule has 0 atom stereocenters. The van der Waals surface area contributed by atoms with Gasteiger partial charge in [-0.25, -0.2) is 9.97 Å². The van der Waals surface area contributed by atoms with Gasteiger partial charge in [0.1, 0.15) is 16.5 Å². The van der Waals surface area contributed by atoms with Crippen LogP contribution in [0, 0.1) is 13.8 Å². The molecule has 1 fully saturated rings. The molecular formula is C16H24N4S. The molecule has 0 unspecified atom stereocenters. The van der Waals surface area contributed by atoms with Crippen molar-refractivity contribution in [3.8, 4) is 0 Å². The Morgan fingerprint density at radius 1 is 1.05 bits per heavy atom. The summed E-state index contributed by atoms with van der Waals surface area (Å²) in [5, 5.41) is 1.05. The molecule has 1 aliphatic heterocycles. The highest BCUT2D eigenvalue weighted by atomic mass is 32.1. The maximum absolute atomic E-state index is 6.17. The molecule has 4 nitrogen and oxygen atoms in total. The zero-order chi connectivity index (χ0) is 14.8. The van der Waals surface area contributed by atoms with Gasteiger partial charge < -0.3 is 5.73 Å². The number of aromatic nitrogens is 2. The molecule has 3 rings (SSSR count). The predicted octanol–water partition coefficient (Wildman–Crippen LogP) is 3.66. The zero-order valence-corrected chi connectivity index (χ0v) is 13.8. The normalized spacial score (nSPS) is 17.8. The minimum Gasteiger partial charge on any atom is -0.383 e. The fourth-order valence-corrected chi connectivity index (χ4v) is 4.12. The van der Waals surface area contributed by atoms with E-state index in [0.29, 0.717) is 5.82 Å². The van der Waals surface area contributed by atoms with Gasteiger partial charge >= 0.3 is 0 Å². The first kappa shape index (κ1) is 14.7. The van der Waals surface area contributed by atoms with Gasteiger partial charge in [0, 0.05) is 4.88 Å². The van der Waals surface area contributed by atoms with E-state index >= 15 is 0 Å². The second-order valence-electron chi connectivity index (χ2n) is 6.03. The van der Waals surface area contributed by atoms with Crippen LogP contribution in [-0.4, -0.2) is 28.0 Å². The molecule has 0 bridgehead atoms. The lowest BCUT2D eigenvalue weighted by Crippen LogP contribution is -2.27. The second-order valence-corrected chi connectivity index (χ2v) is 7.24. The molecule has 3 heterocycles. The van der Waals surface area contributed by atoms with Crippen LogP contribution in [0.25, 0.3) is 10.2 Å². The lowest BCUT2D eigenvalue weighted by atomic mass is 10.1. The number of likely N-dealkylation sites (tertiary alicyclic amines) is 1. The summed E-state index contributed by atoms with van der Waals surface area (Å²) >= 11 is 1.73. The predicted molar refractivity (Wildman–Crippen MR) is 89.7 cm³/mol. The number of aryl methyl sites for hydroxylation is 2. The first-order valence-electron chi connectivity index (χ1n) is 7.89. The fourth-order valence-electron chi connectivity index (χ4n) is 3.07. The minimum absolute atomic E-state index is 0.642. The summed E-state index contributed by atoms with van der Waals surface area (Å²) in [6, 6.07) is 0. The van der Waals surface area contributed by atoms with Crippen LogP contribution in [0.3, 0.4) is 0 Å². The van der Waals surface area contributed by atoms with E-state index in [1.165, 1.54) is 42.5 Å². The van der Waals surface area contributed by atoms with Crippen LogP contribution in [0.4, 0.5) is 5.82 Å². The Bertz CT molecular complexity index is 627. The molecule has 114 valence electrons. The third kappa shape index (κ3) is 3.19. The third-order valence-corrected chi connectivity index (χ3v) is 5.52. The number of fused-ring (bicyclic) bond motifs is 1. The average molecular weight is 304 g/mol. The Balaban J connectivity index is 1.83. The van der Waals surface area contributed by atoms with Crippen molar-refractivity contribution in [2.45, 2.75) is 52.5 Å². The first-order valence-corrected chi connectivity index (χ1v) is 8.71. The number of nitrogens with two attached hydrogens (primary N) is 1. The standard InChI is InChI=1S/C16H24N4S/c1-11-12(2)21-16-14(11)15(17)18-13(19-16)10-20-8-6-4-3-5-7-9-20/h3-10H2,1-2H3,(H2,17,18,19). The van der Waals surface area contributed by atoms with Crippen LogP contribution in [-0.2, 0) is 6.54 Å². The average Bonchev–Trinajstić information content (AvgIpc) is 2.68. The Labute approximate surface area is 130 Å². The molecule has 0 aromatic carbocycles. The summed E-state index contributed by atoms with van der Waals surface area (Å²) in [5.41, 5.74) is 7.40. The number of anilines is 1. The summed E-state index contributed by atoms with van der Waals surface area (Å²) in [6.07, 6.45) is 6.66. The molecule has 0 spiro atoms. The number of nitrogen functional groups attached to an aromatic ring is 1. The van der Waals surface area contributed by atoms with Crippen molar-refractivity contribution >= 4 is 27.4 Å². The van der Waals surface area contributed by atoms with Gasteiger partial charge in [-0.05, 0) is 45.3 Å². The van der Waals surface area contributed by atoms with Crippen LogP contribution < -0.4 is 5.73 Å². The van der Waals surface area contributed by atoms with Crippen molar-refractivity contribution in [3.05, 3.63) is 16.3 Å². The maximum atomic E-state index is 6.17. The second kappa shape index (κ2) is 6.28. The van der Waals surface area contributed by atoms with E-state index in [2.05, 4.69) is 23.7 Å². The molecule has 2 N–H and O–H groups in total. The summed E-state index contributed by atoms with van der Waals surface area (Å²) in [7, 11) is 0. The summed E-state index contributed by atoms with van der Waals surface area (Å²) in [4.78, 5) is 14.1. The van der Waals surface area contributed by atoms with Gasteiger partial charge in [-0.15, -0.1) is 11.3 Å². The van der Waals surface area contributed by atoms with Gasteiger partial charge in [0.15, 0.2) is 0 Å². The molecule has 1 saturated heterocycles. The number of hydrogen-bond acceptors (Lipinski definition) is 5. The van der Waals surface area contributed by atoms with Gasteiger partial charge in [-0.2, -0.15) is 0 Å². The monoisotopic (exact) mass is 304 g/mol. The van der Waals surface area contributed by atoms with E-state index < -0.39 is 0 Å². The van der Waals surface area contributed by atoms with E-state index in [-0.39, 0.29) is 0 Å². The van der Waals surface area contributed by atoms with Crippen molar-refractivity contribution in [1.82, 2.24) is 14.9 Å².